The Kier molecular flexibility index (Phi) is 8.36. The van der Waals surface area contributed by atoms with E-state index in [1.165, 1.54) is 4.90 Å². The van der Waals surface area contributed by atoms with E-state index in [1.807, 2.05) is 26.0 Å². The summed E-state index contributed by atoms with van der Waals surface area (Å²) in [6.45, 7) is 5.62. The van der Waals surface area contributed by atoms with Crippen LogP contribution in [0.2, 0.25) is 0 Å². The fourth-order valence-corrected chi connectivity index (χ4v) is 5.45. The molecule has 8 nitrogen and oxygen atoms in total. The van der Waals surface area contributed by atoms with Gasteiger partial charge >= 0.3 is 0 Å². The zero-order chi connectivity index (χ0) is 25.0. The molecule has 2 aliphatic rings. The molecule has 1 aromatic rings. The summed E-state index contributed by atoms with van der Waals surface area (Å²) in [4.78, 5) is 42.0. The molecule has 0 unspecified atom stereocenters. The first-order valence-corrected chi connectivity index (χ1v) is 12.1. The van der Waals surface area contributed by atoms with E-state index in [2.05, 4.69) is 17.6 Å². The summed E-state index contributed by atoms with van der Waals surface area (Å²) in [5, 5.41) is 15.8. The molecule has 0 bridgehead atoms. The van der Waals surface area contributed by atoms with Crippen molar-refractivity contribution in [1.29, 1.82) is 0 Å². The van der Waals surface area contributed by atoms with E-state index in [0.717, 1.165) is 12.8 Å². The van der Waals surface area contributed by atoms with Crippen LogP contribution in [0.1, 0.15) is 33.6 Å². The van der Waals surface area contributed by atoms with E-state index in [4.69, 9.17) is 4.74 Å². The lowest BCUT2D eigenvalue weighted by Gasteiger charge is -2.35. The van der Waals surface area contributed by atoms with Crippen molar-refractivity contribution in [1.82, 2.24) is 10.2 Å². The minimum atomic E-state index is -0.829. The maximum absolute atomic E-state index is 13.9. The number of carbonyl (C=O) groups excluding carboxylic acids is 3. The Morgan fingerprint density at radius 2 is 1.82 bits per heavy atom. The number of allylic oxidation sites excluding steroid dienone is 1. The van der Waals surface area contributed by atoms with Crippen LogP contribution < -0.4 is 15.4 Å². The number of rotatable bonds is 9. The molecular weight excluding hydrogens is 434 g/mol. The zero-order valence-corrected chi connectivity index (χ0v) is 20.7. The summed E-state index contributed by atoms with van der Waals surface area (Å²) in [6, 6.07) is 5.61. The SMILES string of the molecule is CCC[C@@H]1C=C[C@H]2[C@@H](C(=O)N([C@@H](CO)C(C)C)[C@@H]2C(=O)Nc2ccc(OC)cc2)[C@@H]1C(=O)NC. The van der Waals surface area contributed by atoms with E-state index in [1.54, 1.807) is 38.4 Å². The number of carbonyl (C=O) groups is 3. The molecule has 1 aliphatic heterocycles. The van der Waals surface area contributed by atoms with Crippen LogP contribution >= 0.6 is 0 Å². The number of anilines is 1. The number of nitrogens with one attached hydrogen (secondary N) is 2. The highest BCUT2D eigenvalue weighted by atomic mass is 16.5. The Labute approximate surface area is 201 Å². The van der Waals surface area contributed by atoms with Gasteiger partial charge in [0.25, 0.3) is 0 Å². The first-order chi connectivity index (χ1) is 16.3. The standard InChI is InChI=1S/C26H37N3O5/c1-6-7-16-8-13-19-22(21(16)24(31)27-4)26(33)29(20(14-30)15(2)3)23(19)25(32)28-17-9-11-18(34-5)12-10-17/h8-13,15-16,19-23,30H,6-7,14H2,1-5H3,(H,27,31)(H,28,32)/t16-,19+,20+,21-,22-,23+/m1/s1. The molecule has 0 saturated carbocycles. The number of hydrogen-bond acceptors (Lipinski definition) is 5. The third kappa shape index (κ3) is 4.82. The maximum Gasteiger partial charge on any atom is 0.247 e. The van der Waals surface area contributed by atoms with E-state index in [9.17, 15) is 19.5 Å². The monoisotopic (exact) mass is 471 g/mol. The number of aliphatic hydroxyl groups excluding tert-OH is 1. The van der Waals surface area contributed by atoms with Gasteiger partial charge in [0.05, 0.1) is 31.6 Å². The Bertz CT molecular complexity index is 914. The molecule has 0 aromatic heterocycles. The summed E-state index contributed by atoms with van der Waals surface area (Å²) >= 11 is 0. The number of nitrogens with zero attached hydrogens (tertiary/aromatic N) is 1. The highest BCUT2D eigenvalue weighted by molar-refractivity contribution is 6.02. The van der Waals surface area contributed by atoms with Crippen molar-refractivity contribution in [3.8, 4) is 5.75 Å². The topological polar surface area (TPSA) is 108 Å². The number of fused-ring (bicyclic) bond motifs is 1. The second-order valence-corrected chi connectivity index (χ2v) is 9.48. The van der Waals surface area contributed by atoms with Gasteiger partial charge in [-0.25, -0.2) is 0 Å². The van der Waals surface area contributed by atoms with Gasteiger partial charge in [-0.2, -0.15) is 0 Å². The van der Waals surface area contributed by atoms with Crippen LogP contribution in [-0.4, -0.2) is 60.6 Å². The van der Waals surface area contributed by atoms with Gasteiger partial charge in [0, 0.05) is 18.7 Å². The maximum atomic E-state index is 13.9. The second kappa shape index (κ2) is 11.0. The highest BCUT2D eigenvalue weighted by Gasteiger charge is 2.58. The molecule has 6 atom stereocenters. The van der Waals surface area contributed by atoms with Crippen LogP contribution in [0.15, 0.2) is 36.4 Å². The second-order valence-electron chi connectivity index (χ2n) is 9.48. The van der Waals surface area contributed by atoms with E-state index >= 15 is 0 Å². The summed E-state index contributed by atoms with van der Waals surface area (Å²) in [7, 11) is 3.15. The third-order valence-electron chi connectivity index (χ3n) is 7.16. The van der Waals surface area contributed by atoms with E-state index in [-0.39, 0.29) is 36.2 Å². The van der Waals surface area contributed by atoms with Gasteiger partial charge in [-0.3, -0.25) is 14.4 Å². The first-order valence-electron chi connectivity index (χ1n) is 12.1. The van der Waals surface area contributed by atoms with Gasteiger partial charge in [-0.1, -0.05) is 39.3 Å². The van der Waals surface area contributed by atoms with Crippen molar-refractivity contribution in [2.24, 2.45) is 29.6 Å². The molecule has 34 heavy (non-hydrogen) atoms. The minimum Gasteiger partial charge on any atom is -0.497 e. The van der Waals surface area contributed by atoms with Crippen molar-refractivity contribution < 1.29 is 24.2 Å². The zero-order valence-electron chi connectivity index (χ0n) is 20.7. The third-order valence-corrected chi connectivity index (χ3v) is 7.16. The Morgan fingerprint density at radius 3 is 2.35 bits per heavy atom. The van der Waals surface area contributed by atoms with Crippen LogP contribution in [0.25, 0.3) is 0 Å². The molecule has 0 spiro atoms. The molecule has 1 heterocycles. The minimum absolute atomic E-state index is 0.0701. The van der Waals surface area contributed by atoms with Gasteiger partial charge in [-0.15, -0.1) is 0 Å². The van der Waals surface area contributed by atoms with E-state index in [0.29, 0.717) is 11.4 Å². The lowest BCUT2D eigenvalue weighted by Crippen LogP contribution is -2.52. The molecule has 1 aliphatic carbocycles. The molecule has 3 rings (SSSR count). The van der Waals surface area contributed by atoms with Gasteiger partial charge in [-0.05, 0) is 42.5 Å². The largest absolute Gasteiger partial charge is 0.497 e. The normalized spacial score (nSPS) is 26.9. The average molecular weight is 472 g/mol. The predicted molar refractivity (Wildman–Crippen MR) is 130 cm³/mol. The number of ether oxygens (including phenoxy) is 1. The number of likely N-dealkylation sites (tertiary alicyclic amines) is 1. The van der Waals surface area contributed by atoms with Crippen LogP contribution in [0.4, 0.5) is 5.69 Å². The van der Waals surface area contributed by atoms with Crippen molar-refractivity contribution in [2.45, 2.75) is 45.7 Å². The fraction of sp³-hybridized carbons (Fsp3) is 0.577. The molecule has 1 aromatic carbocycles. The van der Waals surface area contributed by atoms with Crippen molar-refractivity contribution in [3.63, 3.8) is 0 Å². The van der Waals surface area contributed by atoms with Gasteiger partial charge in [0.15, 0.2) is 0 Å². The summed E-state index contributed by atoms with van der Waals surface area (Å²) < 4.78 is 5.18. The molecule has 186 valence electrons. The number of hydrogen-bond donors (Lipinski definition) is 3. The average Bonchev–Trinajstić information content (AvgIpc) is 3.11. The van der Waals surface area contributed by atoms with Crippen molar-refractivity contribution in [3.05, 3.63) is 36.4 Å². The molecule has 1 saturated heterocycles. The quantitative estimate of drug-likeness (QED) is 0.480. The lowest BCUT2D eigenvalue weighted by molar-refractivity contribution is -0.143. The number of methoxy groups -OCH3 is 1. The molecular formula is C26H37N3O5. The van der Waals surface area contributed by atoms with Crippen LogP contribution in [-0.2, 0) is 14.4 Å². The number of aliphatic hydroxyl groups is 1. The molecule has 0 radical (unpaired) electrons. The number of benzene rings is 1. The Hall–Kier alpha value is -2.87. The number of amides is 3. The first kappa shape index (κ1) is 25.7. The fourth-order valence-electron chi connectivity index (χ4n) is 5.45. The predicted octanol–water partition coefficient (Wildman–Crippen LogP) is 2.44. The molecule has 1 fully saturated rings. The van der Waals surface area contributed by atoms with Crippen LogP contribution in [0.3, 0.4) is 0 Å². The highest BCUT2D eigenvalue weighted by Crippen LogP contribution is 2.46. The van der Waals surface area contributed by atoms with Gasteiger partial charge in [0.1, 0.15) is 11.8 Å². The summed E-state index contributed by atoms with van der Waals surface area (Å²) in [6.07, 6.45) is 5.60. The van der Waals surface area contributed by atoms with Crippen molar-refractivity contribution in [2.75, 3.05) is 26.1 Å². The van der Waals surface area contributed by atoms with Gasteiger partial charge < -0.3 is 25.4 Å². The molecule has 3 N–H and O–H groups in total. The van der Waals surface area contributed by atoms with Crippen LogP contribution in [0.5, 0.6) is 5.75 Å². The summed E-state index contributed by atoms with van der Waals surface area (Å²) in [5.74, 6) is -1.92. The lowest BCUT2D eigenvalue weighted by atomic mass is 9.68. The van der Waals surface area contributed by atoms with Gasteiger partial charge in [0.2, 0.25) is 17.7 Å². The van der Waals surface area contributed by atoms with Crippen molar-refractivity contribution >= 4 is 23.4 Å². The molecule has 8 heteroatoms. The van der Waals surface area contributed by atoms with E-state index < -0.39 is 29.8 Å². The summed E-state index contributed by atoms with van der Waals surface area (Å²) in [5.41, 5.74) is 0.582. The molecule has 3 amide bonds. The Morgan fingerprint density at radius 1 is 1.15 bits per heavy atom. The Balaban J connectivity index is 2.03. The van der Waals surface area contributed by atoms with Crippen LogP contribution in [0, 0.1) is 29.6 Å². The smallest absolute Gasteiger partial charge is 0.247 e.